The summed E-state index contributed by atoms with van der Waals surface area (Å²) in [5.41, 5.74) is 1.78. The van der Waals surface area contributed by atoms with E-state index in [0.29, 0.717) is 30.8 Å². The van der Waals surface area contributed by atoms with Gasteiger partial charge < -0.3 is 33.5 Å². The van der Waals surface area contributed by atoms with Gasteiger partial charge in [0.1, 0.15) is 6.10 Å². The van der Waals surface area contributed by atoms with Gasteiger partial charge in [-0.25, -0.2) is 0 Å². The lowest BCUT2D eigenvalue weighted by atomic mass is 9.47. The number of aliphatic hydroxyl groups excluding tert-OH is 1. The molecule has 35 heavy (non-hydrogen) atoms. The van der Waals surface area contributed by atoms with Crippen molar-refractivity contribution in [2.24, 2.45) is 28.6 Å². The van der Waals surface area contributed by atoms with Gasteiger partial charge in [0.05, 0.1) is 43.7 Å². The average molecular weight is 491 g/mol. The molecule has 4 heterocycles. The first-order valence-corrected chi connectivity index (χ1v) is 13.9. The molecule has 2 unspecified atom stereocenters. The molecule has 7 rings (SSSR count). The van der Waals surface area contributed by atoms with E-state index in [1.165, 1.54) is 6.42 Å². The van der Waals surface area contributed by atoms with Crippen molar-refractivity contribution in [1.29, 1.82) is 0 Å². The van der Waals surface area contributed by atoms with E-state index in [4.69, 9.17) is 28.4 Å². The Balaban J connectivity index is 1.10. The molecule has 0 aromatic carbocycles. The van der Waals surface area contributed by atoms with Crippen molar-refractivity contribution in [3.05, 3.63) is 11.6 Å². The van der Waals surface area contributed by atoms with Crippen LogP contribution in [0.1, 0.15) is 65.7 Å². The van der Waals surface area contributed by atoms with Crippen molar-refractivity contribution in [2.45, 2.75) is 114 Å². The molecule has 2 bridgehead atoms. The summed E-state index contributed by atoms with van der Waals surface area (Å²) < 4.78 is 37.6. The van der Waals surface area contributed by atoms with Crippen molar-refractivity contribution >= 4 is 0 Å². The fourth-order valence-electron chi connectivity index (χ4n) is 9.58. The molecule has 0 amide bonds. The Labute approximate surface area is 208 Å². The number of rotatable bonds is 3. The minimum absolute atomic E-state index is 0.0533. The number of methoxy groups -OCH3 is 1. The van der Waals surface area contributed by atoms with Gasteiger partial charge >= 0.3 is 0 Å². The van der Waals surface area contributed by atoms with Crippen LogP contribution in [-0.4, -0.2) is 74.1 Å². The number of ether oxygens (including phenoxy) is 6. The number of aliphatic hydroxyl groups is 1. The van der Waals surface area contributed by atoms with E-state index < -0.39 is 11.9 Å². The van der Waals surface area contributed by atoms with Gasteiger partial charge in [0.25, 0.3) is 0 Å². The van der Waals surface area contributed by atoms with Gasteiger partial charge in [0, 0.05) is 30.8 Å². The average Bonchev–Trinajstić information content (AvgIpc) is 3.29. The number of allylic oxidation sites excluding steroid dienone is 1. The molecule has 196 valence electrons. The van der Waals surface area contributed by atoms with Crippen LogP contribution in [0.2, 0.25) is 0 Å². The summed E-state index contributed by atoms with van der Waals surface area (Å²) in [7, 11) is 1.65. The van der Waals surface area contributed by atoms with E-state index in [2.05, 4.69) is 19.9 Å². The third kappa shape index (κ3) is 3.09. The quantitative estimate of drug-likeness (QED) is 0.606. The van der Waals surface area contributed by atoms with Gasteiger partial charge in [-0.3, -0.25) is 0 Å². The fourth-order valence-corrected chi connectivity index (χ4v) is 9.58. The summed E-state index contributed by atoms with van der Waals surface area (Å²) in [5.74, 6) is 1.01. The Morgan fingerprint density at radius 1 is 1.09 bits per heavy atom. The highest BCUT2D eigenvalue weighted by molar-refractivity contribution is 5.28. The third-order valence-electron chi connectivity index (χ3n) is 11.4. The van der Waals surface area contributed by atoms with Crippen molar-refractivity contribution in [3.63, 3.8) is 0 Å². The highest BCUT2D eigenvalue weighted by Crippen LogP contribution is 2.71. The Morgan fingerprint density at radius 2 is 1.94 bits per heavy atom. The highest BCUT2D eigenvalue weighted by atomic mass is 16.7. The molecular formula is C28H42O7. The molecule has 4 aliphatic heterocycles. The topological polar surface area (TPSA) is 75.6 Å². The van der Waals surface area contributed by atoms with E-state index in [1.807, 2.05) is 6.92 Å². The summed E-state index contributed by atoms with van der Waals surface area (Å²) in [6.45, 7) is 8.22. The summed E-state index contributed by atoms with van der Waals surface area (Å²) >= 11 is 0. The minimum atomic E-state index is -0.606. The number of hydrogen-bond acceptors (Lipinski definition) is 7. The lowest BCUT2D eigenvalue weighted by Crippen LogP contribution is -2.66. The maximum atomic E-state index is 10.3. The van der Waals surface area contributed by atoms with E-state index >= 15 is 0 Å². The summed E-state index contributed by atoms with van der Waals surface area (Å²) in [6.07, 6.45) is 8.70. The second kappa shape index (κ2) is 7.98. The van der Waals surface area contributed by atoms with E-state index in [-0.39, 0.29) is 47.6 Å². The van der Waals surface area contributed by atoms with Crippen molar-refractivity contribution < 1.29 is 33.5 Å². The zero-order valence-corrected chi connectivity index (χ0v) is 21.6. The molecule has 6 fully saturated rings. The van der Waals surface area contributed by atoms with Crippen molar-refractivity contribution in [3.8, 4) is 0 Å². The van der Waals surface area contributed by atoms with Crippen LogP contribution in [0.4, 0.5) is 0 Å². The number of hydrogen-bond donors (Lipinski definition) is 1. The number of fused-ring (bicyclic) bond motifs is 3. The molecular weight excluding hydrogens is 448 g/mol. The second-order valence-electron chi connectivity index (χ2n) is 12.9. The first-order chi connectivity index (χ1) is 16.8. The first kappa shape index (κ1) is 23.6. The summed E-state index contributed by atoms with van der Waals surface area (Å²) in [6, 6.07) is 0. The smallest absolute Gasteiger partial charge is 0.178 e. The molecule has 7 nitrogen and oxygen atoms in total. The SMILES string of the molecule is CO[C@@H]1C[C@H](O[C@H]2CC[C@@]3(C)C(=CC[C@@H]4[C@@H]3CC[C@]3(C)[C@H]5C6CO[C@@]43OC5CO6)C2)O[C@@H](C)[C@@H]1O. The zero-order valence-electron chi connectivity index (χ0n) is 21.6. The van der Waals surface area contributed by atoms with Crippen LogP contribution in [0, 0.1) is 28.6 Å². The maximum Gasteiger partial charge on any atom is 0.178 e. The molecule has 2 saturated carbocycles. The Kier molecular flexibility index (Phi) is 5.37. The fraction of sp³-hybridized carbons (Fsp3) is 0.929. The Hall–Kier alpha value is -0.540. The summed E-state index contributed by atoms with van der Waals surface area (Å²) in [5, 5.41) is 10.3. The monoisotopic (exact) mass is 490 g/mol. The normalized spacial score (nSPS) is 58.8. The van der Waals surface area contributed by atoms with Gasteiger partial charge in [-0.2, -0.15) is 0 Å². The molecule has 3 aliphatic carbocycles. The van der Waals surface area contributed by atoms with Crippen LogP contribution >= 0.6 is 0 Å². The van der Waals surface area contributed by atoms with Crippen LogP contribution < -0.4 is 0 Å². The van der Waals surface area contributed by atoms with E-state index in [1.54, 1.807) is 12.7 Å². The first-order valence-electron chi connectivity index (χ1n) is 13.9. The lowest BCUT2D eigenvalue weighted by molar-refractivity contribution is -0.356. The molecule has 13 atom stereocenters. The summed E-state index contributed by atoms with van der Waals surface area (Å²) in [4.78, 5) is 0. The van der Waals surface area contributed by atoms with Crippen molar-refractivity contribution in [2.75, 3.05) is 20.3 Å². The Morgan fingerprint density at radius 3 is 2.77 bits per heavy atom. The minimum Gasteiger partial charge on any atom is -0.388 e. The van der Waals surface area contributed by atoms with Gasteiger partial charge in [-0.05, 0) is 56.8 Å². The van der Waals surface area contributed by atoms with Crippen LogP contribution in [-0.2, 0) is 28.4 Å². The highest BCUT2D eigenvalue weighted by Gasteiger charge is 2.76. The largest absolute Gasteiger partial charge is 0.388 e. The molecule has 4 saturated heterocycles. The molecule has 7 aliphatic rings. The second-order valence-corrected chi connectivity index (χ2v) is 12.9. The molecule has 7 heteroatoms. The lowest BCUT2D eigenvalue weighted by Gasteiger charge is -2.63. The van der Waals surface area contributed by atoms with E-state index in [9.17, 15) is 5.11 Å². The predicted octanol–water partition coefficient (Wildman–Crippen LogP) is 3.58. The van der Waals surface area contributed by atoms with Crippen molar-refractivity contribution in [1.82, 2.24) is 0 Å². The third-order valence-corrected chi connectivity index (χ3v) is 11.4. The van der Waals surface area contributed by atoms with Gasteiger partial charge in [0.2, 0.25) is 0 Å². The van der Waals surface area contributed by atoms with Crippen LogP contribution in [0.3, 0.4) is 0 Å². The van der Waals surface area contributed by atoms with Crippen LogP contribution in [0.15, 0.2) is 11.6 Å². The maximum absolute atomic E-state index is 10.3. The molecule has 0 spiro atoms. The molecule has 0 aromatic rings. The van der Waals surface area contributed by atoms with Gasteiger partial charge in [-0.1, -0.05) is 25.5 Å². The molecule has 1 N–H and O–H groups in total. The predicted molar refractivity (Wildman–Crippen MR) is 126 cm³/mol. The van der Waals surface area contributed by atoms with Gasteiger partial charge in [0.15, 0.2) is 12.1 Å². The van der Waals surface area contributed by atoms with Gasteiger partial charge in [-0.15, -0.1) is 0 Å². The van der Waals surface area contributed by atoms with E-state index in [0.717, 1.165) is 38.7 Å². The Bertz CT molecular complexity index is 893. The zero-order chi connectivity index (χ0) is 24.2. The van der Waals surface area contributed by atoms with Crippen LogP contribution in [0.25, 0.3) is 0 Å². The molecule has 0 aromatic heterocycles. The van der Waals surface area contributed by atoms with Crippen LogP contribution in [0.5, 0.6) is 0 Å². The standard InChI is InChI=1S/C28H42O7/c1-15-25(29)20(30-4)12-23(33-15)34-17-7-9-26(2)16(11-17)5-6-19-18(26)8-10-27(3)24-21-14-32-28(19,27)35-22(24)13-31-21/h5,15,17-25,29H,6-14H2,1-4H3/t15-,17-,18-,19+,20+,21?,22?,23-,24-,25-,26-,27+,28+/m0/s1. The molecule has 0 radical (unpaired) electrons.